The Balaban J connectivity index is 2.00. The summed E-state index contributed by atoms with van der Waals surface area (Å²) in [5.74, 6) is 1.03. The molecule has 1 nitrogen and oxygen atoms in total. The standard InChI is InChI=1S/C10H11ClFN/c11-13-6-8-5-10(8)7-1-3-9(12)4-2-7/h1-4,8,10,13H,5-6H2. The first-order valence-electron chi connectivity index (χ1n) is 4.40. The lowest BCUT2D eigenvalue weighted by Crippen LogP contribution is -2.03. The van der Waals surface area contributed by atoms with E-state index in [1.54, 1.807) is 0 Å². The molecule has 1 aromatic carbocycles. The highest BCUT2D eigenvalue weighted by Crippen LogP contribution is 2.46. The van der Waals surface area contributed by atoms with Crippen LogP contribution in [-0.4, -0.2) is 6.54 Å². The van der Waals surface area contributed by atoms with Crippen molar-refractivity contribution in [2.45, 2.75) is 12.3 Å². The Labute approximate surface area is 82.0 Å². The Kier molecular flexibility index (Phi) is 2.51. The van der Waals surface area contributed by atoms with Gasteiger partial charge in [0.1, 0.15) is 5.82 Å². The highest BCUT2D eigenvalue weighted by Gasteiger charge is 2.37. The largest absolute Gasteiger partial charge is 0.233 e. The number of benzene rings is 1. The molecule has 13 heavy (non-hydrogen) atoms. The zero-order valence-electron chi connectivity index (χ0n) is 7.13. The molecule has 1 saturated carbocycles. The fraction of sp³-hybridized carbons (Fsp3) is 0.400. The Morgan fingerprint density at radius 1 is 1.38 bits per heavy atom. The van der Waals surface area contributed by atoms with Gasteiger partial charge in [-0.3, -0.25) is 0 Å². The molecule has 1 fully saturated rings. The van der Waals surface area contributed by atoms with E-state index in [9.17, 15) is 4.39 Å². The summed E-state index contributed by atoms with van der Waals surface area (Å²) in [5, 5.41) is 0. The minimum Gasteiger partial charge on any atom is -0.233 e. The van der Waals surface area contributed by atoms with E-state index in [1.165, 1.54) is 17.7 Å². The third-order valence-electron chi connectivity index (χ3n) is 2.56. The lowest BCUT2D eigenvalue weighted by atomic mass is 10.1. The van der Waals surface area contributed by atoms with Gasteiger partial charge in [-0.2, -0.15) is 0 Å². The third kappa shape index (κ3) is 2.01. The van der Waals surface area contributed by atoms with E-state index >= 15 is 0 Å². The molecular weight excluding hydrogens is 189 g/mol. The zero-order valence-corrected chi connectivity index (χ0v) is 7.89. The second kappa shape index (κ2) is 3.64. The Hall–Kier alpha value is -0.600. The quantitative estimate of drug-likeness (QED) is 0.739. The van der Waals surface area contributed by atoms with Gasteiger partial charge in [0.05, 0.1) is 0 Å². The summed E-state index contributed by atoms with van der Waals surface area (Å²) in [6, 6.07) is 6.74. The van der Waals surface area contributed by atoms with Gasteiger partial charge < -0.3 is 0 Å². The molecule has 2 atom stereocenters. The lowest BCUT2D eigenvalue weighted by Gasteiger charge is -1.98. The summed E-state index contributed by atoms with van der Waals surface area (Å²) in [4.78, 5) is 2.64. The van der Waals surface area contributed by atoms with Crippen LogP contribution in [-0.2, 0) is 0 Å². The van der Waals surface area contributed by atoms with Gasteiger partial charge >= 0.3 is 0 Å². The maximum absolute atomic E-state index is 12.6. The van der Waals surface area contributed by atoms with E-state index in [4.69, 9.17) is 11.8 Å². The summed E-state index contributed by atoms with van der Waals surface area (Å²) >= 11 is 5.40. The van der Waals surface area contributed by atoms with E-state index in [-0.39, 0.29) is 5.82 Å². The van der Waals surface area contributed by atoms with Crippen LogP contribution in [0.3, 0.4) is 0 Å². The maximum Gasteiger partial charge on any atom is 0.123 e. The molecule has 70 valence electrons. The molecule has 1 N–H and O–H groups in total. The van der Waals surface area contributed by atoms with Gasteiger partial charge in [-0.05, 0) is 47.7 Å². The van der Waals surface area contributed by atoms with Crippen LogP contribution in [0.5, 0.6) is 0 Å². The molecule has 1 aromatic rings. The highest BCUT2D eigenvalue weighted by atomic mass is 35.5. The van der Waals surface area contributed by atoms with Crippen LogP contribution >= 0.6 is 11.8 Å². The zero-order chi connectivity index (χ0) is 9.26. The van der Waals surface area contributed by atoms with E-state index in [0.29, 0.717) is 11.8 Å². The Morgan fingerprint density at radius 3 is 2.69 bits per heavy atom. The molecule has 0 aliphatic heterocycles. The monoisotopic (exact) mass is 199 g/mol. The molecular formula is C10H11ClFN. The average Bonchev–Trinajstić information content (AvgIpc) is 2.86. The molecule has 3 heteroatoms. The van der Waals surface area contributed by atoms with E-state index in [2.05, 4.69) is 4.84 Å². The highest BCUT2D eigenvalue weighted by molar-refractivity contribution is 6.13. The van der Waals surface area contributed by atoms with Gasteiger partial charge in [0, 0.05) is 6.54 Å². The second-order valence-electron chi connectivity index (χ2n) is 3.49. The Bertz CT molecular complexity index is 285. The average molecular weight is 200 g/mol. The fourth-order valence-electron chi connectivity index (χ4n) is 1.69. The molecule has 0 aromatic heterocycles. The normalized spacial score (nSPS) is 26.0. The first-order valence-corrected chi connectivity index (χ1v) is 4.78. The van der Waals surface area contributed by atoms with E-state index < -0.39 is 0 Å². The predicted octanol–water partition coefficient (Wildman–Crippen LogP) is 2.67. The van der Waals surface area contributed by atoms with Gasteiger partial charge in [0.15, 0.2) is 0 Å². The molecule has 0 heterocycles. The second-order valence-corrected chi connectivity index (χ2v) is 3.76. The summed E-state index contributed by atoms with van der Waals surface area (Å²) in [6.45, 7) is 0.837. The van der Waals surface area contributed by atoms with Crippen LogP contribution in [0, 0.1) is 11.7 Å². The van der Waals surface area contributed by atoms with Crippen molar-refractivity contribution in [3.63, 3.8) is 0 Å². The van der Waals surface area contributed by atoms with Crippen LogP contribution in [0.2, 0.25) is 0 Å². The molecule has 1 aliphatic rings. The van der Waals surface area contributed by atoms with Gasteiger partial charge in [0.25, 0.3) is 0 Å². The van der Waals surface area contributed by atoms with Gasteiger partial charge in [-0.15, -0.1) is 0 Å². The molecule has 1 aliphatic carbocycles. The number of rotatable bonds is 3. The molecule has 2 unspecified atom stereocenters. The van der Waals surface area contributed by atoms with Gasteiger partial charge in [-0.25, -0.2) is 9.23 Å². The van der Waals surface area contributed by atoms with Crippen LogP contribution < -0.4 is 4.84 Å². The van der Waals surface area contributed by atoms with Crippen molar-refractivity contribution in [2.75, 3.05) is 6.54 Å². The van der Waals surface area contributed by atoms with Crippen molar-refractivity contribution in [1.29, 1.82) is 0 Å². The van der Waals surface area contributed by atoms with Crippen LogP contribution in [0.4, 0.5) is 4.39 Å². The SMILES string of the molecule is Fc1ccc(C2CC2CNCl)cc1. The first kappa shape index (κ1) is 8.97. The first-order chi connectivity index (χ1) is 6.31. The molecule has 0 bridgehead atoms. The molecule has 0 amide bonds. The fourth-order valence-corrected chi connectivity index (χ4v) is 1.89. The maximum atomic E-state index is 12.6. The molecule has 0 spiro atoms. The summed E-state index contributed by atoms with van der Waals surface area (Å²) in [6.07, 6.45) is 1.16. The number of nitrogens with one attached hydrogen (secondary N) is 1. The van der Waals surface area contributed by atoms with Crippen molar-refractivity contribution in [1.82, 2.24) is 4.84 Å². The Morgan fingerprint density at radius 2 is 2.08 bits per heavy atom. The van der Waals surface area contributed by atoms with Crippen molar-refractivity contribution in [2.24, 2.45) is 5.92 Å². The van der Waals surface area contributed by atoms with Crippen LogP contribution in [0.25, 0.3) is 0 Å². The van der Waals surface area contributed by atoms with Crippen molar-refractivity contribution >= 4 is 11.8 Å². The lowest BCUT2D eigenvalue weighted by molar-refractivity contribution is 0.626. The van der Waals surface area contributed by atoms with Gasteiger partial charge in [0.2, 0.25) is 0 Å². The molecule has 0 radical (unpaired) electrons. The summed E-state index contributed by atoms with van der Waals surface area (Å²) in [5.41, 5.74) is 1.22. The number of halogens is 2. The van der Waals surface area contributed by atoms with E-state index in [1.807, 2.05) is 12.1 Å². The predicted molar refractivity (Wildman–Crippen MR) is 51.1 cm³/mol. The summed E-state index contributed by atoms with van der Waals surface area (Å²) in [7, 11) is 0. The van der Waals surface area contributed by atoms with Crippen molar-refractivity contribution in [3.8, 4) is 0 Å². The number of hydrogen-bond acceptors (Lipinski definition) is 1. The minimum atomic E-state index is -0.170. The van der Waals surface area contributed by atoms with E-state index in [0.717, 1.165) is 13.0 Å². The summed E-state index contributed by atoms with van der Waals surface area (Å²) < 4.78 is 12.6. The third-order valence-corrected chi connectivity index (χ3v) is 2.71. The van der Waals surface area contributed by atoms with Gasteiger partial charge in [-0.1, -0.05) is 12.1 Å². The van der Waals surface area contributed by atoms with Crippen LogP contribution in [0.15, 0.2) is 24.3 Å². The minimum absolute atomic E-state index is 0.170. The topological polar surface area (TPSA) is 12.0 Å². The van der Waals surface area contributed by atoms with Crippen LogP contribution in [0.1, 0.15) is 17.9 Å². The smallest absolute Gasteiger partial charge is 0.123 e. The number of hydrogen-bond donors (Lipinski definition) is 1. The van der Waals surface area contributed by atoms with Crippen molar-refractivity contribution < 1.29 is 4.39 Å². The van der Waals surface area contributed by atoms with Crippen molar-refractivity contribution in [3.05, 3.63) is 35.6 Å². The molecule has 0 saturated heterocycles. The molecule has 2 rings (SSSR count).